The van der Waals surface area contributed by atoms with Crippen LogP contribution in [0.3, 0.4) is 0 Å². The van der Waals surface area contributed by atoms with Gasteiger partial charge in [0.15, 0.2) is 11.5 Å². The molecule has 1 saturated heterocycles. The van der Waals surface area contributed by atoms with Crippen molar-refractivity contribution in [3.63, 3.8) is 0 Å². The monoisotopic (exact) mass is 641 g/mol. The molecule has 0 bridgehead atoms. The summed E-state index contributed by atoms with van der Waals surface area (Å²) in [5.74, 6) is 0.350. The predicted octanol–water partition coefficient (Wildman–Crippen LogP) is 6.06. The molecule has 0 unspecified atom stereocenters. The highest BCUT2D eigenvalue weighted by Crippen LogP contribution is 2.47. The van der Waals surface area contributed by atoms with E-state index in [9.17, 15) is 18.8 Å². The minimum absolute atomic E-state index is 0.254. The largest absolute Gasteiger partial charge is 0.493 e. The van der Waals surface area contributed by atoms with Crippen molar-refractivity contribution in [3.05, 3.63) is 78.7 Å². The Bertz CT molecular complexity index is 1830. The minimum atomic E-state index is -1.17. The van der Waals surface area contributed by atoms with Crippen LogP contribution in [0, 0.1) is 11.2 Å². The summed E-state index contributed by atoms with van der Waals surface area (Å²) in [5.41, 5.74) is -0.108. The quantitative estimate of drug-likeness (QED) is 0.223. The number of rotatable bonds is 8. The molecule has 2 aliphatic rings. The number of fused-ring (bicyclic) bond motifs is 1. The molecule has 0 atom stereocenters. The first-order chi connectivity index (χ1) is 22.5. The number of carbonyl (C=O) groups is 3. The molecular weight excluding hydrogens is 605 g/mol. The number of hydrogen-bond acceptors (Lipinski definition) is 8. The van der Waals surface area contributed by atoms with Crippen LogP contribution in [0.5, 0.6) is 23.0 Å². The minimum Gasteiger partial charge on any atom is -0.493 e. The van der Waals surface area contributed by atoms with Crippen molar-refractivity contribution in [2.45, 2.75) is 32.2 Å². The molecule has 12 heteroatoms. The molecule has 2 heterocycles. The average Bonchev–Trinajstić information content (AvgIpc) is 3.85. The number of halogens is 1. The van der Waals surface area contributed by atoms with E-state index in [0.717, 1.165) is 13.1 Å². The summed E-state index contributed by atoms with van der Waals surface area (Å²) in [6.45, 7) is 6.04. The molecule has 11 nitrogen and oxygen atoms in total. The van der Waals surface area contributed by atoms with Crippen LogP contribution in [0.2, 0.25) is 0 Å². The van der Waals surface area contributed by atoms with E-state index in [4.69, 9.17) is 14.2 Å². The molecule has 244 valence electrons. The van der Waals surface area contributed by atoms with Crippen LogP contribution >= 0.6 is 0 Å². The van der Waals surface area contributed by atoms with Gasteiger partial charge in [0.05, 0.1) is 18.2 Å². The van der Waals surface area contributed by atoms with Gasteiger partial charge < -0.3 is 34.6 Å². The zero-order valence-corrected chi connectivity index (χ0v) is 26.6. The average molecular weight is 642 g/mol. The number of benzene rings is 3. The lowest BCUT2D eigenvalue weighted by Crippen LogP contribution is -2.60. The molecule has 4 aromatic rings. The molecule has 2 N–H and O–H groups in total. The number of nitrogens with zero attached hydrogens (tertiary/aromatic N) is 3. The Kier molecular flexibility index (Phi) is 8.45. The van der Waals surface area contributed by atoms with E-state index in [-0.39, 0.29) is 5.75 Å². The van der Waals surface area contributed by atoms with Crippen molar-refractivity contribution in [2.75, 3.05) is 44.4 Å². The van der Waals surface area contributed by atoms with Gasteiger partial charge in [-0.2, -0.15) is 0 Å². The van der Waals surface area contributed by atoms with E-state index in [1.807, 2.05) is 20.9 Å². The lowest BCUT2D eigenvalue weighted by molar-refractivity contribution is -0.131. The SMILES string of the molecule is COc1cc2c(Oc3ccc(NC(=O)C4(C(=O)Nc5ccc(F)cc5)CC4)cc3)ccnc2cc1OC(=O)N1CCN(C)CC1(C)C. The van der Waals surface area contributed by atoms with Crippen molar-refractivity contribution < 1.29 is 33.0 Å². The maximum atomic E-state index is 13.2. The molecule has 0 radical (unpaired) electrons. The Hall–Kier alpha value is -5.23. The highest BCUT2D eigenvalue weighted by atomic mass is 19.1. The van der Waals surface area contributed by atoms with E-state index in [0.29, 0.717) is 58.9 Å². The molecule has 3 amide bonds. The fraction of sp³-hybridized carbons (Fsp3) is 0.314. The summed E-state index contributed by atoms with van der Waals surface area (Å²) < 4.78 is 30.8. The smallest absolute Gasteiger partial charge is 0.415 e. The summed E-state index contributed by atoms with van der Waals surface area (Å²) in [7, 11) is 3.53. The third-order valence-electron chi connectivity index (χ3n) is 8.56. The third-order valence-corrected chi connectivity index (χ3v) is 8.56. The van der Waals surface area contributed by atoms with Gasteiger partial charge in [-0.05, 0) is 94.4 Å². The number of likely N-dealkylation sites (N-methyl/N-ethyl adjacent to an activating group) is 1. The first-order valence-electron chi connectivity index (χ1n) is 15.3. The van der Waals surface area contributed by atoms with E-state index in [1.54, 1.807) is 53.6 Å². The second kappa shape index (κ2) is 12.5. The highest BCUT2D eigenvalue weighted by Gasteiger charge is 2.56. The van der Waals surface area contributed by atoms with Crippen LogP contribution in [0.4, 0.5) is 20.6 Å². The molecular formula is C35H36FN5O6. The summed E-state index contributed by atoms with van der Waals surface area (Å²) in [4.78, 5) is 47.5. The first-order valence-corrected chi connectivity index (χ1v) is 15.3. The van der Waals surface area contributed by atoms with Crippen molar-refractivity contribution in [2.24, 2.45) is 5.41 Å². The van der Waals surface area contributed by atoms with Gasteiger partial charge in [0.1, 0.15) is 22.7 Å². The molecule has 1 aliphatic carbocycles. The highest BCUT2D eigenvalue weighted by molar-refractivity contribution is 6.16. The normalized spacial score (nSPS) is 16.7. The van der Waals surface area contributed by atoms with Crippen molar-refractivity contribution in [1.29, 1.82) is 0 Å². The van der Waals surface area contributed by atoms with Gasteiger partial charge in [-0.25, -0.2) is 9.18 Å². The lowest BCUT2D eigenvalue weighted by atomic mass is 10.00. The zero-order valence-electron chi connectivity index (χ0n) is 26.6. The summed E-state index contributed by atoms with van der Waals surface area (Å²) >= 11 is 0. The first kappa shape index (κ1) is 31.7. The van der Waals surface area contributed by atoms with Gasteiger partial charge >= 0.3 is 6.09 Å². The van der Waals surface area contributed by atoms with E-state index < -0.39 is 34.7 Å². The van der Waals surface area contributed by atoms with Gasteiger partial charge in [-0.15, -0.1) is 0 Å². The maximum Gasteiger partial charge on any atom is 0.415 e. The molecule has 6 rings (SSSR count). The van der Waals surface area contributed by atoms with Gasteiger partial charge in [0.25, 0.3) is 0 Å². The number of hydrogen-bond donors (Lipinski definition) is 2. The second-order valence-electron chi connectivity index (χ2n) is 12.5. The Labute approximate surface area is 271 Å². The van der Waals surface area contributed by atoms with Crippen molar-refractivity contribution in [3.8, 4) is 23.0 Å². The van der Waals surface area contributed by atoms with Crippen LogP contribution < -0.4 is 24.8 Å². The Morgan fingerprint density at radius 2 is 1.49 bits per heavy atom. The molecule has 0 spiro atoms. The number of piperazine rings is 1. The van der Waals surface area contributed by atoms with Gasteiger partial charge in [0.2, 0.25) is 11.8 Å². The number of amides is 3. The molecule has 3 aromatic carbocycles. The fourth-order valence-corrected chi connectivity index (χ4v) is 5.79. The summed E-state index contributed by atoms with van der Waals surface area (Å²) in [5, 5.41) is 6.16. The van der Waals surface area contributed by atoms with Crippen LogP contribution in [-0.2, 0) is 9.59 Å². The topological polar surface area (TPSA) is 122 Å². The van der Waals surface area contributed by atoms with Crippen LogP contribution in [0.1, 0.15) is 26.7 Å². The molecule has 2 fully saturated rings. The second-order valence-corrected chi connectivity index (χ2v) is 12.5. The number of aromatic nitrogens is 1. The van der Waals surface area contributed by atoms with E-state index in [1.165, 1.54) is 31.4 Å². The van der Waals surface area contributed by atoms with E-state index >= 15 is 0 Å². The molecule has 1 aliphatic heterocycles. The van der Waals surface area contributed by atoms with Crippen LogP contribution in [0.15, 0.2) is 72.9 Å². The van der Waals surface area contributed by atoms with Crippen molar-refractivity contribution in [1.82, 2.24) is 14.8 Å². The summed E-state index contributed by atoms with van der Waals surface area (Å²) in [6, 6.07) is 17.2. The standard InChI is InChI=1S/C35H36FN5O6/c1-34(2)21-40(3)17-18-41(34)33(44)47-30-20-27-26(19-29(30)45-4)28(13-16-37-27)46-25-11-9-24(10-12-25)39-32(43)35(14-15-35)31(42)38-23-7-5-22(36)6-8-23/h5-13,16,19-20H,14-15,17-18,21H2,1-4H3,(H,38,42)(H,39,43). The van der Waals surface area contributed by atoms with Gasteiger partial charge in [-0.3, -0.25) is 14.6 Å². The van der Waals surface area contributed by atoms with Crippen molar-refractivity contribution >= 4 is 40.2 Å². The molecule has 1 aromatic heterocycles. The Morgan fingerprint density at radius 1 is 0.851 bits per heavy atom. The van der Waals surface area contributed by atoms with Crippen LogP contribution in [0.25, 0.3) is 10.9 Å². The maximum absolute atomic E-state index is 13.2. The Morgan fingerprint density at radius 3 is 2.09 bits per heavy atom. The molecule has 1 saturated carbocycles. The number of anilines is 2. The third kappa shape index (κ3) is 6.68. The number of ether oxygens (including phenoxy) is 3. The van der Waals surface area contributed by atoms with Gasteiger partial charge in [0, 0.05) is 48.7 Å². The fourth-order valence-electron chi connectivity index (χ4n) is 5.79. The van der Waals surface area contributed by atoms with E-state index in [2.05, 4.69) is 20.5 Å². The number of nitrogens with one attached hydrogen (secondary N) is 2. The number of carbonyl (C=O) groups excluding carboxylic acids is 3. The lowest BCUT2D eigenvalue weighted by Gasteiger charge is -2.45. The Balaban J connectivity index is 1.13. The summed E-state index contributed by atoms with van der Waals surface area (Å²) in [6.07, 6.45) is 1.97. The number of pyridine rings is 1. The van der Waals surface area contributed by atoms with Gasteiger partial charge in [-0.1, -0.05) is 0 Å². The predicted molar refractivity (Wildman–Crippen MR) is 174 cm³/mol. The number of methoxy groups -OCH3 is 1. The molecule has 47 heavy (non-hydrogen) atoms. The zero-order chi connectivity index (χ0) is 33.3. The van der Waals surface area contributed by atoms with Crippen LogP contribution in [-0.4, -0.2) is 72.0 Å².